The van der Waals surface area contributed by atoms with E-state index in [-0.39, 0.29) is 11.9 Å². The fraction of sp³-hybridized carbons (Fsp3) is 0.583. The summed E-state index contributed by atoms with van der Waals surface area (Å²) >= 11 is 0. The van der Waals surface area contributed by atoms with E-state index in [1.54, 1.807) is 12.3 Å². The van der Waals surface area contributed by atoms with E-state index < -0.39 is 6.17 Å². The van der Waals surface area contributed by atoms with Crippen LogP contribution in [0, 0.1) is 6.92 Å². The Labute approximate surface area is 94.4 Å². The molecular formula is C12H17FN2O. The summed E-state index contributed by atoms with van der Waals surface area (Å²) in [6, 6.07) is 1.41. The molecule has 16 heavy (non-hydrogen) atoms. The molecule has 0 spiro atoms. The van der Waals surface area contributed by atoms with Crippen LogP contribution in [0.3, 0.4) is 0 Å². The summed E-state index contributed by atoms with van der Waals surface area (Å²) in [5, 5.41) is 2.78. The molecule has 0 saturated heterocycles. The van der Waals surface area contributed by atoms with Crippen molar-refractivity contribution in [3.05, 3.63) is 23.5 Å². The second kappa shape index (κ2) is 4.68. The second-order valence-corrected chi connectivity index (χ2v) is 4.40. The third-order valence-electron chi connectivity index (χ3n) is 3.20. The molecule has 88 valence electrons. The lowest BCUT2D eigenvalue weighted by Gasteiger charge is -2.26. The summed E-state index contributed by atoms with van der Waals surface area (Å²) < 4.78 is 13.5. The standard InChI is InChI=1S/C12H17FN2O/c1-8-9(6-7-14-8)12(16)15-11-5-3-2-4-10(11)13/h6-7,10-11,14H,2-5H2,1H3,(H,15,16)/t10-,11-/m1/s1. The second-order valence-electron chi connectivity index (χ2n) is 4.40. The molecule has 2 N–H and O–H groups in total. The van der Waals surface area contributed by atoms with Crippen LogP contribution < -0.4 is 5.32 Å². The van der Waals surface area contributed by atoms with Crippen molar-refractivity contribution in [2.75, 3.05) is 0 Å². The predicted molar refractivity (Wildman–Crippen MR) is 60.1 cm³/mol. The normalized spacial score (nSPS) is 25.4. The number of nitrogens with one attached hydrogen (secondary N) is 2. The van der Waals surface area contributed by atoms with Crippen LogP contribution in [0.1, 0.15) is 41.7 Å². The summed E-state index contributed by atoms with van der Waals surface area (Å²) in [5.41, 5.74) is 1.43. The molecular weight excluding hydrogens is 207 g/mol. The van der Waals surface area contributed by atoms with Crippen molar-refractivity contribution in [3.8, 4) is 0 Å². The number of amides is 1. The molecule has 3 nitrogen and oxygen atoms in total. The van der Waals surface area contributed by atoms with Gasteiger partial charge in [-0.1, -0.05) is 12.8 Å². The SMILES string of the molecule is Cc1[nH]ccc1C(=O)N[C@@H]1CCCC[C@H]1F. The monoisotopic (exact) mass is 224 g/mol. The molecule has 2 atom stereocenters. The van der Waals surface area contributed by atoms with Crippen molar-refractivity contribution < 1.29 is 9.18 Å². The van der Waals surface area contributed by atoms with Gasteiger partial charge in [0, 0.05) is 11.9 Å². The molecule has 0 aromatic carbocycles. The Kier molecular flexibility index (Phi) is 3.27. The van der Waals surface area contributed by atoms with Crippen molar-refractivity contribution in [1.29, 1.82) is 0 Å². The molecule has 4 heteroatoms. The summed E-state index contributed by atoms with van der Waals surface area (Å²) in [6.07, 6.45) is 4.07. The molecule has 0 radical (unpaired) electrons. The smallest absolute Gasteiger partial charge is 0.253 e. The molecule has 0 bridgehead atoms. The first-order valence-corrected chi connectivity index (χ1v) is 5.77. The van der Waals surface area contributed by atoms with Gasteiger partial charge in [-0.2, -0.15) is 0 Å². The molecule has 0 aliphatic heterocycles. The van der Waals surface area contributed by atoms with Crippen LogP contribution in [-0.4, -0.2) is 23.1 Å². The van der Waals surface area contributed by atoms with Crippen LogP contribution in [0.25, 0.3) is 0 Å². The van der Waals surface area contributed by atoms with Crippen LogP contribution in [0.4, 0.5) is 4.39 Å². The predicted octanol–water partition coefficient (Wildman–Crippen LogP) is 2.33. The lowest BCUT2D eigenvalue weighted by molar-refractivity contribution is 0.0883. The lowest BCUT2D eigenvalue weighted by atomic mass is 9.93. The number of aromatic nitrogens is 1. The van der Waals surface area contributed by atoms with Crippen LogP contribution in [0.2, 0.25) is 0 Å². The first-order valence-electron chi connectivity index (χ1n) is 5.77. The molecule has 2 rings (SSSR count). The van der Waals surface area contributed by atoms with E-state index in [0.29, 0.717) is 12.0 Å². The van der Waals surface area contributed by atoms with E-state index in [0.717, 1.165) is 25.0 Å². The zero-order valence-corrected chi connectivity index (χ0v) is 9.42. The van der Waals surface area contributed by atoms with Gasteiger partial charge in [0.2, 0.25) is 0 Å². The number of H-pyrrole nitrogens is 1. The summed E-state index contributed by atoms with van der Waals surface area (Å²) in [5.74, 6) is -0.173. The first-order chi connectivity index (χ1) is 7.68. The van der Waals surface area contributed by atoms with Gasteiger partial charge in [-0.05, 0) is 25.8 Å². The van der Waals surface area contributed by atoms with Crippen molar-refractivity contribution in [2.24, 2.45) is 0 Å². The number of hydrogen-bond acceptors (Lipinski definition) is 1. The molecule has 1 aromatic rings. The highest BCUT2D eigenvalue weighted by Crippen LogP contribution is 2.21. The van der Waals surface area contributed by atoms with Crippen molar-refractivity contribution in [2.45, 2.75) is 44.8 Å². The number of hydrogen-bond donors (Lipinski definition) is 2. The van der Waals surface area contributed by atoms with Gasteiger partial charge in [0.05, 0.1) is 11.6 Å². The molecule has 1 aliphatic carbocycles. The Morgan fingerprint density at radius 1 is 1.50 bits per heavy atom. The molecule has 1 fully saturated rings. The minimum atomic E-state index is -0.892. The average Bonchev–Trinajstić information content (AvgIpc) is 2.68. The number of carbonyl (C=O) groups is 1. The zero-order valence-electron chi connectivity index (χ0n) is 9.42. The molecule has 1 heterocycles. The van der Waals surface area contributed by atoms with E-state index in [1.165, 1.54) is 0 Å². The highest BCUT2D eigenvalue weighted by molar-refractivity contribution is 5.95. The van der Waals surface area contributed by atoms with Gasteiger partial charge >= 0.3 is 0 Å². The van der Waals surface area contributed by atoms with Crippen molar-refractivity contribution in [3.63, 3.8) is 0 Å². The highest BCUT2D eigenvalue weighted by atomic mass is 19.1. The molecule has 1 aliphatic rings. The third-order valence-corrected chi connectivity index (χ3v) is 3.20. The van der Waals surface area contributed by atoms with Gasteiger partial charge in [0.1, 0.15) is 6.17 Å². The van der Waals surface area contributed by atoms with Crippen molar-refractivity contribution in [1.82, 2.24) is 10.3 Å². The molecule has 1 amide bonds. The Morgan fingerprint density at radius 2 is 2.25 bits per heavy atom. The molecule has 1 aromatic heterocycles. The van der Waals surface area contributed by atoms with E-state index >= 15 is 0 Å². The Bertz CT molecular complexity index is 375. The number of halogens is 1. The van der Waals surface area contributed by atoms with Gasteiger partial charge in [-0.25, -0.2) is 4.39 Å². The Balaban J connectivity index is 1.99. The number of alkyl halides is 1. The highest BCUT2D eigenvalue weighted by Gasteiger charge is 2.26. The summed E-state index contributed by atoms with van der Waals surface area (Å²) in [6.45, 7) is 1.84. The number of carbonyl (C=O) groups excluding carboxylic acids is 1. The van der Waals surface area contributed by atoms with Gasteiger partial charge in [-0.3, -0.25) is 4.79 Å². The van der Waals surface area contributed by atoms with Crippen LogP contribution in [0.15, 0.2) is 12.3 Å². The zero-order chi connectivity index (χ0) is 11.5. The fourth-order valence-corrected chi connectivity index (χ4v) is 2.19. The summed E-state index contributed by atoms with van der Waals surface area (Å²) in [7, 11) is 0. The summed E-state index contributed by atoms with van der Waals surface area (Å²) in [4.78, 5) is 14.8. The number of rotatable bonds is 2. The average molecular weight is 224 g/mol. The van der Waals surface area contributed by atoms with Gasteiger partial charge in [0.25, 0.3) is 5.91 Å². The largest absolute Gasteiger partial charge is 0.365 e. The maximum atomic E-state index is 13.5. The fourth-order valence-electron chi connectivity index (χ4n) is 2.19. The van der Waals surface area contributed by atoms with E-state index in [1.807, 2.05) is 6.92 Å². The quantitative estimate of drug-likeness (QED) is 0.795. The van der Waals surface area contributed by atoms with Crippen LogP contribution in [0.5, 0.6) is 0 Å². The maximum Gasteiger partial charge on any atom is 0.253 e. The molecule has 0 unspecified atom stereocenters. The van der Waals surface area contributed by atoms with Crippen LogP contribution in [-0.2, 0) is 0 Å². The Morgan fingerprint density at radius 3 is 2.88 bits per heavy atom. The number of aryl methyl sites for hydroxylation is 1. The van der Waals surface area contributed by atoms with Crippen molar-refractivity contribution >= 4 is 5.91 Å². The minimum absolute atomic E-state index is 0.173. The van der Waals surface area contributed by atoms with Gasteiger partial charge in [0.15, 0.2) is 0 Å². The van der Waals surface area contributed by atoms with Gasteiger partial charge < -0.3 is 10.3 Å². The topological polar surface area (TPSA) is 44.9 Å². The lowest BCUT2D eigenvalue weighted by Crippen LogP contribution is -2.43. The van der Waals surface area contributed by atoms with E-state index in [9.17, 15) is 9.18 Å². The minimum Gasteiger partial charge on any atom is -0.365 e. The van der Waals surface area contributed by atoms with E-state index in [4.69, 9.17) is 0 Å². The maximum absolute atomic E-state index is 13.5. The first kappa shape index (κ1) is 11.2. The van der Waals surface area contributed by atoms with E-state index in [2.05, 4.69) is 10.3 Å². The third kappa shape index (κ3) is 2.26. The molecule has 1 saturated carbocycles. The number of aromatic amines is 1. The van der Waals surface area contributed by atoms with Crippen LogP contribution >= 0.6 is 0 Å². The Hall–Kier alpha value is -1.32. The van der Waals surface area contributed by atoms with Gasteiger partial charge in [-0.15, -0.1) is 0 Å².